The van der Waals surface area contributed by atoms with E-state index in [1.165, 1.54) is 0 Å². The highest BCUT2D eigenvalue weighted by molar-refractivity contribution is 9.10. The molecule has 0 spiro atoms. The zero-order chi connectivity index (χ0) is 14.9. The monoisotopic (exact) mass is 339 g/mol. The van der Waals surface area contributed by atoms with E-state index in [4.69, 9.17) is 11.5 Å². The Morgan fingerprint density at radius 1 is 1.45 bits per heavy atom. The van der Waals surface area contributed by atoms with Gasteiger partial charge in [0.15, 0.2) is 0 Å². The minimum absolute atomic E-state index is 0.00410. The molecule has 1 heterocycles. The van der Waals surface area contributed by atoms with Gasteiger partial charge in [0.2, 0.25) is 5.91 Å². The van der Waals surface area contributed by atoms with Crippen LogP contribution in [0.5, 0.6) is 0 Å². The summed E-state index contributed by atoms with van der Waals surface area (Å²) in [5, 5.41) is 0. The molecule has 1 aromatic carbocycles. The fraction of sp³-hybridized carbons (Fsp3) is 0.533. The third kappa shape index (κ3) is 3.15. The number of nitrogens with two attached hydrogens (primary N) is 2. The number of rotatable bonds is 3. The summed E-state index contributed by atoms with van der Waals surface area (Å²) >= 11 is 3.58. The molecule has 0 saturated carbocycles. The molecule has 1 fully saturated rings. The van der Waals surface area contributed by atoms with E-state index in [2.05, 4.69) is 39.9 Å². The topological polar surface area (TPSA) is 72.4 Å². The summed E-state index contributed by atoms with van der Waals surface area (Å²) in [5.41, 5.74) is 13.6. The maximum Gasteiger partial charge on any atom is 0.222 e. The Morgan fingerprint density at radius 2 is 2.15 bits per heavy atom. The van der Waals surface area contributed by atoms with Crippen LogP contribution in [0.25, 0.3) is 0 Å². The van der Waals surface area contributed by atoms with E-state index in [-0.39, 0.29) is 17.9 Å². The summed E-state index contributed by atoms with van der Waals surface area (Å²) in [7, 11) is 0. The van der Waals surface area contributed by atoms with Gasteiger partial charge in [0, 0.05) is 28.8 Å². The van der Waals surface area contributed by atoms with Crippen LogP contribution in [0.1, 0.15) is 38.3 Å². The van der Waals surface area contributed by atoms with Gasteiger partial charge in [-0.15, -0.1) is 0 Å². The van der Waals surface area contributed by atoms with Crippen LogP contribution in [0.3, 0.4) is 0 Å². The highest BCUT2D eigenvalue weighted by Crippen LogP contribution is 2.32. The van der Waals surface area contributed by atoms with Gasteiger partial charge >= 0.3 is 0 Å². The van der Waals surface area contributed by atoms with Gasteiger partial charge in [-0.3, -0.25) is 4.79 Å². The van der Waals surface area contributed by atoms with Gasteiger partial charge in [-0.05, 0) is 44.4 Å². The van der Waals surface area contributed by atoms with Gasteiger partial charge in [0.05, 0.1) is 5.92 Å². The molecule has 0 aliphatic carbocycles. The number of benzene rings is 1. The molecule has 2 unspecified atom stereocenters. The summed E-state index contributed by atoms with van der Waals surface area (Å²) in [6.45, 7) is 4.84. The fourth-order valence-corrected chi connectivity index (χ4v) is 3.49. The van der Waals surface area contributed by atoms with Crippen molar-refractivity contribution >= 4 is 27.5 Å². The summed E-state index contributed by atoms with van der Waals surface area (Å²) < 4.78 is 1.01. The molecule has 0 bridgehead atoms. The minimum Gasteiger partial charge on any atom is -0.369 e. The normalized spacial score (nSPS) is 24.5. The highest BCUT2D eigenvalue weighted by Gasteiger charge is 2.29. The molecular formula is C15H22BrN3O. The minimum atomic E-state index is -0.201. The number of amides is 1. The van der Waals surface area contributed by atoms with Gasteiger partial charge in [-0.25, -0.2) is 0 Å². The lowest BCUT2D eigenvalue weighted by molar-refractivity contribution is -0.122. The van der Waals surface area contributed by atoms with Crippen molar-refractivity contribution < 1.29 is 4.79 Å². The summed E-state index contributed by atoms with van der Waals surface area (Å²) in [5.74, 6) is -0.258. The molecule has 110 valence electrons. The van der Waals surface area contributed by atoms with E-state index in [0.29, 0.717) is 12.6 Å². The maximum atomic E-state index is 11.4. The molecule has 1 aliphatic rings. The van der Waals surface area contributed by atoms with Gasteiger partial charge in [0.1, 0.15) is 0 Å². The van der Waals surface area contributed by atoms with Gasteiger partial charge in [-0.1, -0.05) is 22.0 Å². The van der Waals surface area contributed by atoms with E-state index in [0.717, 1.165) is 28.6 Å². The predicted molar refractivity (Wildman–Crippen MR) is 85.5 cm³/mol. The van der Waals surface area contributed by atoms with E-state index in [1.807, 2.05) is 13.0 Å². The number of piperidine rings is 1. The Balaban J connectivity index is 2.25. The first kappa shape index (κ1) is 15.3. The average molecular weight is 340 g/mol. The first-order valence-corrected chi connectivity index (χ1v) is 7.80. The lowest BCUT2D eigenvalue weighted by Crippen LogP contribution is -2.45. The second kappa shape index (κ2) is 6.14. The van der Waals surface area contributed by atoms with Crippen LogP contribution in [0.2, 0.25) is 0 Å². The number of hydrogen-bond acceptors (Lipinski definition) is 3. The maximum absolute atomic E-state index is 11.4. The van der Waals surface area contributed by atoms with Crippen molar-refractivity contribution in [2.75, 3.05) is 11.4 Å². The third-order valence-electron chi connectivity index (χ3n) is 4.09. The Labute approximate surface area is 128 Å². The van der Waals surface area contributed by atoms with Crippen LogP contribution in [-0.2, 0) is 4.79 Å². The molecule has 1 amide bonds. The van der Waals surface area contributed by atoms with Crippen molar-refractivity contribution in [3.05, 3.63) is 28.2 Å². The molecular weight excluding hydrogens is 318 g/mol. The number of carbonyl (C=O) groups excluding carboxylic acids is 1. The molecule has 1 saturated heterocycles. The van der Waals surface area contributed by atoms with Crippen molar-refractivity contribution in [2.45, 2.75) is 38.8 Å². The molecule has 5 heteroatoms. The second-order valence-corrected chi connectivity index (χ2v) is 6.53. The predicted octanol–water partition coefficient (Wildman–Crippen LogP) is 2.56. The number of carbonyl (C=O) groups is 1. The fourth-order valence-electron chi connectivity index (χ4n) is 2.76. The Morgan fingerprint density at radius 3 is 2.70 bits per heavy atom. The lowest BCUT2D eigenvalue weighted by atomic mass is 9.92. The highest BCUT2D eigenvalue weighted by atomic mass is 79.9. The van der Waals surface area contributed by atoms with Gasteiger partial charge < -0.3 is 16.4 Å². The molecule has 2 rings (SSSR count). The molecule has 1 aliphatic heterocycles. The molecule has 1 aromatic rings. The van der Waals surface area contributed by atoms with E-state index < -0.39 is 0 Å². The third-order valence-corrected chi connectivity index (χ3v) is 4.78. The van der Waals surface area contributed by atoms with Crippen LogP contribution in [0.15, 0.2) is 22.7 Å². The second-order valence-electron chi connectivity index (χ2n) is 5.67. The van der Waals surface area contributed by atoms with E-state index in [9.17, 15) is 4.79 Å². The molecule has 3 atom stereocenters. The summed E-state index contributed by atoms with van der Waals surface area (Å²) in [6.07, 6.45) is 1.87. The Kier molecular flexibility index (Phi) is 4.70. The summed E-state index contributed by atoms with van der Waals surface area (Å²) in [6, 6.07) is 6.61. The van der Waals surface area contributed by atoms with Gasteiger partial charge in [0.25, 0.3) is 0 Å². The molecule has 0 aromatic heterocycles. The zero-order valence-electron chi connectivity index (χ0n) is 12.0. The van der Waals surface area contributed by atoms with Crippen LogP contribution in [-0.4, -0.2) is 18.5 Å². The standard InChI is InChI=1S/C15H22BrN3O/c1-9-3-4-11(15(18)20)8-19(9)12-5-6-13(10(2)17)14(16)7-12/h5-7,9-11H,3-4,8,17H2,1-2H3,(H2,18,20)/t9?,10-,11?/m1/s1. The SMILES string of the molecule is CC1CCC(C(N)=O)CN1c1ccc([C@@H](C)N)c(Br)c1. The largest absolute Gasteiger partial charge is 0.369 e. The molecule has 4 nitrogen and oxygen atoms in total. The average Bonchev–Trinajstić information content (AvgIpc) is 2.38. The van der Waals surface area contributed by atoms with Crippen molar-refractivity contribution in [2.24, 2.45) is 17.4 Å². The summed E-state index contributed by atoms with van der Waals surface area (Å²) in [4.78, 5) is 13.7. The zero-order valence-corrected chi connectivity index (χ0v) is 13.6. The van der Waals surface area contributed by atoms with Crippen molar-refractivity contribution in [1.82, 2.24) is 0 Å². The van der Waals surface area contributed by atoms with Crippen LogP contribution in [0.4, 0.5) is 5.69 Å². The smallest absolute Gasteiger partial charge is 0.222 e. The van der Waals surface area contributed by atoms with Crippen LogP contribution < -0.4 is 16.4 Å². The quantitative estimate of drug-likeness (QED) is 0.888. The van der Waals surface area contributed by atoms with Crippen molar-refractivity contribution in [1.29, 1.82) is 0 Å². The van der Waals surface area contributed by atoms with Crippen molar-refractivity contribution in [3.63, 3.8) is 0 Å². The van der Waals surface area contributed by atoms with E-state index in [1.54, 1.807) is 0 Å². The van der Waals surface area contributed by atoms with E-state index >= 15 is 0 Å². The number of nitrogens with zero attached hydrogens (tertiary/aromatic N) is 1. The Hall–Kier alpha value is -1.07. The van der Waals surface area contributed by atoms with Gasteiger partial charge in [-0.2, -0.15) is 0 Å². The number of primary amides is 1. The number of hydrogen-bond donors (Lipinski definition) is 2. The van der Waals surface area contributed by atoms with Crippen LogP contribution >= 0.6 is 15.9 Å². The number of anilines is 1. The Bertz CT molecular complexity index is 504. The molecule has 20 heavy (non-hydrogen) atoms. The van der Waals surface area contributed by atoms with Crippen molar-refractivity contribution in [3.8, 4) is 0 Å². The number of halogens is 1. The first-order valence-electron chi connectivity index (χ1n) is 7.01. The lowest BCUT2D eigenvalue weighted by Gasteiger charge is -2.39. The first-order chi connectivity index (χ1) is 9.40. The molecule has 0 radical (unpaired) electrons. The van der Waals surface area contributed by atoms with Crippen LogP contribution in [0, 0.1) is 5.92 Å². The molecule has 4 N–H and O–H groups in total.